The molecular weight excluding hydrogens is 142 g/mol. The standard InChI is InChI=1S/C8H7NO2/c1-9-6-2-3-7(9)4-5-8(10)11/h2-3,6H,1H3,(H,10,11). The van der Waals surface area contributed by atoms with Crippen LogP contribution in [0.25, 0.3) is 0 Å². The van der Waals surface area contributed by atoms with E-state index >= 15 is 0 Å². The van der Waals surface area contributed by atoms with Gasteiger partial charge in [0.05, 0.1) is 5.69 Å². The molecule has 3 heteroatoms. The average molecular weight is 149 g/mol. The molecule has 0 spiro atoms. The molecule has 1 aromatic rings. The van der Waals surface area contributed by atoms with Crippen molar-refractivity contribution in [2.75, 3.05) is 0 Å². The Morgan fingerprint density at radius 1 is 1.73 bits per heavy atom. The Kier molecular flexibility index (Phi) is 1.98. The molecule has 0 fully saturated rings. The van der Waals surface area contributed by atoms with Crippen LogP contribution in [0.3, 0.4) is 0 Å². The number of carboxylic acids is 1. The van der Waals surface area contributed by atoms with Crippen LogP contribution in [0.1, 0.15) is 5.69 Å². The molecule has 0 aliphatic rings. The van der Waals surface area contributed by atoms with Crippen molar-refractivity contribution in [3.63, 3.8) is 0 Å². The lowest BCUT2D eigenvalue weighted by Gasteiger charge is -1.89. The van der Waals surface area contributed by atoms with E-state index in [4.69, 9.17) is 5.11 Å². The topological polar surface area (TPSA) is 42.2 Å². The predicted molar refractivity (Wildman–Crippen MR) is 39.9 cm³/mol. The Morgan fingerprint density at radius 3 is 2.91 bits per heavy atom. The Labute approximate surface area is 64.3 Å². The summed E-state index contributed by atoms with van der Waals surface area (Å²) in [4.78, 5) is 10.0. The number of carbonyl (C=O) groups is 1. The maximum absolute atomic E-state index is 10.0. The lowest BCUT2D eigenvalue weighted by atomic mass is 10.4. The number of hydrogen-bond acceptors (Lipinski definition) is 1. The van der Waals surface area contributed by atoms with E-state index in [0.717, 1.165) is 0 Å². The number of aryl methyl sites for hydroxylation is 1. The van der Waals surface area contributed by atoms with Crippen molar-refractivity contribution in [1.82, 2.24) is 4.57 Å². The first-order chi connectivity index (χ1) is 5.20. The summed E-state index contributed by atoms with van der Waals surface area (Å²) in [5.74, 6) is 3.43. The van der Waals surface area contributed by atoms with Crippen molar-refractivity contribution in [1.29, 1.82) is 0 Å². The molecule has 0 saturated heterocycles. The molecule has 1 heterocycles. The van der Waals surface area contributed by atoms with Crippen LogP contribution < -0.4 is 0 Å². The Balaban J connectivity index is 2.90. The minimum atomic E-state index is -1.11. The fourth-order valence-corrected chi connectivity index (χ4v) is 0.708. The van der Waals surface area contributed by atoms with Crippen LogP contribution in [0.4, 0.5) is 0 Å². The molecule has 0 atom stereocenters. The lowest BCUT2D eigenvalue weighted by molar-refractivity contribution is -0.130. The van der Waals surface area contributed by atoms with Gasteiger partial charge in [0.1, 0.15) is 0 Å². The summed E-state index contributed by atoms with van der Waals surface area (Å²) >= 11 is 0. The van der Waals surface area contributed by atoms with E-state index in [1.54, 1.807) is 10.6 Å². The minimum Gasteiger partial charge on any atom is -0.472 e. The second-order valence-corrected chi connectivity index (χ2v) is 2.06. The summed E-state index contributed by atoms with van der Waals surface area (Å²) < 4.78 is 1.76. The van der Waals surface area contributed by atoms with E-state index in [9.17, 15) is 4.79 Å². The number of nitrogens with zero attached hydrogens (tertiary/aromatic N) is 1. The molecule has 0 amide bonds. The molecule has 0 saturated carbocycles. The van der Waals surface area contributed by atoms with Gasteiger partial charge in [-0.2, -0.15) is 0 Å². The summed E-state index contributed by atoms with van der Waals surface area (Å²) in [6, 6.07) is 3.57. The van der Waals surface area contributed by atoms with Gasteiger partial charge in [-0.1, -0.05) is 0 Å². The molecule has 0 bridgehead atoms. The zero-order chi connectivity index (χ0) is 8.27. The summed E-state index contributed by atoms with van der Waals surface area (Å²) in [7, 11) is 1.81. The largest absolute Gasteiger partial charge is 0.472 e. The molecule has 0 radical (unpaired) electrons. The lowest BCUT2D eigenvalue weighted by Crippen LogP contribution is -1.91. The van der Waals surface area contributed by atoms with Crippen molar-refractivity contribution in [3.8, 4) is 11.8 Å². The average Bonchev–Trinajstić information content (AvgIpc) is 2.31. The highest BCUT2D eigenvalue weighted by atomic mass is 16.4. The zero-order valence-electron chi connectivity index (χ0n) is 6.03. The maximum atomic E-state index is 10.0. The third kappa shape index (κ3) is 1.87. The molecule has 0 aliphatic carbocycles. The van der Waals surface area contributed by atoms with Gasteiger partial charge in [-0.15, -0.1) is 0 Å². The Morgan fingerprint density at radius 2 is 2.45 bits per heavy atom. The quantitative estimate of drug-likeness (QED) is 0.544. The van der Waals surface area contributed by atoms with E-state index in [2.05, 4.69) is 5.92 Å². The van der Waals surface area contributed by atoms with Crippen molar-refractivity contribution in [2.24, 2.45) is 7.05 Å². The molecule has 3 nitrogen and oxygen atoms in total. The van der Waals surface area contributed by atoms with Gasteiger partial charge in [0.2, 0.25) is 0 Å². The van der Waals surface area contributed by atoms with E-state index in [-0.39, 0.29) is 0 Å². The minimum absolute atomic E-state index is 0.701. The van der Waals surface area contributed by atoms with Crippen LogP contribution in [0.5, 0.6) is 0 Å². The zero-order valence-corrected chi connectivity index (χ0v) is 6.03. The van der Waals surface area contributed by atoms with Gasteiger partial charge < -0.3 is 9.67 Å². The van der Waals surface area contributed by atoms with E-state index < -0.39 is 5.97 Å². The molecule has 0 unspecified atom stereocenters. The van der Waals surface area contributed by atoms with Crippen LogP contribution in [-0.2, 0) is 11.8 Å². The highest BCUT2D eigenvalue weighted by Gasteiger charge is 1.90. The van der Waals surface area contributed by atoms with Gasteiger partial charge in [0.15, 0.2) is 0 Å². The first kappa shape index (κ1) is 7.42. The SMILES string of the molecule is Cn1cccc1C#CC(=O)O. The van der Waals surface area contributed by atoms with Crippen molar-refractivity contribution in [2.45, 2.75) is 0 Å². The molecule has 56 valence electrons. The number of aromatic nitrogens is 1. The van der Waals surface area contributed by atoms with Crippen LogP contribution in [0.15, 0.2) is 18.3 Å². The second-order valence-electron chi connectivity index (χ2n) is 2.06. The highest BCUT2D eigenvalue weighted by Crippen LogP contribution is 1.95. The highest BCUT2D eigenvalue weighted by molar-refractivity contribution is 5.87. The third-order valence-corrected chi connectivity index (χ3v) is 1.24. The molecular formula is C8H7NO2. The fraction of sp³-hybridized carbons (Fsp3) is 0.125. The van der Waals surface area contributed by atoms with Crippen LogP contribution in [0, 0.1) is 11.8 Å². The summed E-state index contributed by atoms with van der Waals surface area (Å²) in [6.07, 6.45) is 1.81. The molecule has 11 heavy (non-hydrogen) atoms. The first-order valence-corrected chi connectivity index (χ1v) is 3.06. The molecule has 0 aliphatic heterocycles. The Bertz CT molecular complexity index is 327. The number of hydrogen-bond donors (Lipinski definition) is 1. The Hall–Kier alpha value is -1.69. The summed E-state index contributed by atoms with van der Waals surface area (Å²) in [6.45, 7) is 0. The van der Waals surface area contributed by atoms with E-state index in [1.165, 1.54) is 0 Å². The van der Waals surface area contributed by atoms with Gasteiger partial charge in [0, 0.05) is 19.2 Å². The number of carboxylic acid groups (broad SMARTS) is 1. The normalized spacial score (nSPS) is 8.45. The van der Waals surface area contributed by atoms with Gasteiger partial charge in [-0.25, -0.2) is 4.79 Å². The number of aliphatic carboxylic acids is 1. The van der Waals surface area contributed by atoms with Crippen LogP contribution in [0.2, 0.25) is 0 Å². The van der Waals surface area contributed by atoms with Gasteiger partial charge in [0.25, 0.3) is 0 Å². The molecule has 0 aromatic carbocycles. The molecule has 1 rings (SSSR count). The van der Waals surface area contributed by atoms with E-state index in [1.807, 2.05) is 25.2 Å². The van der Waals surface area contributed by atoms with Crippen molar-refractivity contribution < 1.29 is 9.90 Å². The fourth-order valence-electron chi connectivity index (χ4n) is 0.708. The van der Waals surface area contributed by atoms with Crippen molar-refractivity contribution >= 4 is 5.97 Å². The maximum Gasteiger partial charge on any atom is 0.382 e. The smallest absolute Gasteiger partial charge is 0.382 e. The van der Waals surface area contributed by atoms with Crippen molar-refractivity contribution in [3.05, 3.63) is 24.0 Å². The first-order valence-electron chi connectivity index (χ1n) is 3.06. The second kappa shape index (κ2) is 2.93. The summed E-state index contributed by atoms with van der Waals surface area (Å²) in [5, 5.41) is 8.22. The van der Waals surface area contributed by atoms with Crippen LogP contribution in [-0.4, -0.2) is 15.6 Å². The molecule has 1 aromatic heterocycles. The summed E-state index contributed by atoms with van der Waals surface area (Å²) in [5.41, 5.74) is 0.701. The van der Waals surface area contributed by atoms with Crippen LogP contribution >= 0.6 is 0 Å². The van der Waals surface area contributed by atoms with Gasteiger partial charge >= 0.3 is 5.97 Å². The van der Waals surface area contributed by atoms with Gasteiger partial charge in [-0.05, 0) is 18.1 Å². The molecule has 1 N–H and O–H groups in total. The third-order valence-electron chi connectivity index (χ3n) is 1.24. The predicted octanol–water partition coefficient (Wildman–Crippen LogP) is 0.461. The van der Waals surface area contributed by atoms with Gasteiger partial charge in [-0.3, -0.25) is 0 Å². The monoisotopic (exact) mass is 149 g/mol. The number of rotatable bonds is 0. The van der Waals surface area contributed by atoms with E-state index in [0.29, 0.717) is 5.69 Å².